The first-order chi connectivity index (χ1) is 15.1. The van der Waals surface area contributed by atoms with Gasteiger partial charge in [-0.3, -0.25) is 4.79 Å². The van der Waals surface area contributed by atoms with Crippen LogP contribution in [0.15, 0.2) is 47.0 Å². The lowest BCUT2D eigenvalue weighted by Gasteiger charge is -2.13. The summed E-state index contributed by atoms with van der Waals surface area (Å²) in [6.07, 6.45) is 0.532. The summed E-state index contributed by atoms with van der Waals surface area (Å²) in [5.74, 6) is 1.76. The van der Waals surface area contributed by atoms with E-state index in [0.717, 1.165) is 16.7 Å². The summed E-state index contributed by atoms with van der Waals surface area (Å²) in [4.78, 5) is 15.9. The van der Waals surface area contributed by atoms with Crippen LogP contribution in [0.4, 0.5) is 0 Å². The first kappa shape index (κ1) is 23.9. The molecular weight excluding hydrogens is 396 g/mol. The van der Waals surface area contributed by atoms with E-state index in [1.807, 2.05) is 63.2 Å². The van der Waals surface area contributed by atoms with Gasteiger partial charge in [0.2, 0.25) is 11.7 Å². The third-order valence-corrected chi connectivity index (χ3v) is 4.31. The number of benzene rings is 2. The Morgan fingerprint density at radius 1 is 1.10 bits per heavy atom. The van der Waals surface area contributed by atoms with Crippen LogP contribution in [0.25, 0.3) is 11.4 Å². The Morgan fingerprint density at radius 3 is 2.52 bits per heavy atom. The number of esters is 1. The van der Waals surface area contributed by atoms with Gasteiger partial charge in [0.1, 0.15) is 6.61 Å². The van der Waals surface area contributed by atoms with Gasteiger partial charge in [-0.1, -0.05) is 49.3 Å². The molecule has 0 amide bonds. The molecular formula is C24H30N2O5. The summed E-state index contributed by atoms with van der Waals surface area (Å²) in [6, 6.07) is 13.6. The average molecular weight is 427 g/mol. The van der Waals surface area contributed by atoms with Crippen molar-refractivity contribution in [1.29, 1.82) is 0 Å². The second-order valence-corrected chi connectivity index (χ2v) is 6.41. The molecule has 0 N–H and O–H groups in total. The summed E-state index contributed by atoms with van der Waals surface area (Å²) in [5.41, 5.74) is 2.77. The van der Waals surface area contributed by atoms with E-state index in [1.54, 1.807) is 14.0 Å². The maximum Gasteiger partial charge on any atom is 0.306 e. The van der Waals surface area contributed by atoms with Crippen molar-refractivity contribution in [2.45, 2.75) is 47.1 Å². The van der Waals surface area contributed by atoms with Crippen molar-refractivity contribution < 1.29 is 23.5 Å². The van der Waals surface area contributed by atoms with Crippen molar-refractivity contribution in [2.75, 3.05) is 13.7 Å². The predicted molar refractivity (Wildman–Crippen MR) is 118 cm³/mol. The number of aromatic nitrogens is 2. The summed E-state index contributed by atoms with van der Waals surface area (Å²) in [5, 5.41) is 4.04. The van der Waals surface area contributed by atoms with Gasteiger partial charge in [0.05, 0.1) is 20.1 Å². The largest absolute Gasteiger partial charge is 0.493 e. The summed E-state index contributed by atoms with van der Waals surface area (Å²) in [7, 11) is 1.59. The molecule has 0 unspecified atom stereocenters. The third kappa shape index (κ3) is 6.84. The van der Waals surface area contributed by atoms with Crippen LogP contribution < -0.4 is 9.47 Å². The van der Waals surface area contributed by atoms with E-state index in [9.17, 15) is 4.79 Å². The highest BCUT2D eigenvalue weighted by Gasteiger charge is 2.16. The monoisotopic (exact) mass is 426 g/mol. The molecule has 3 aromatic rings. The minimum Gasteiger partial charge on any atom is -0.493 e. The van der Waals surface area contributed by atoms with Crippen molar-refractivity contribution >= 4 is 5.97 Å². The van der Waals surface area contributed by atoms with Crippen LogP contribution >= 0.6 is 0 Å². The molecule has 0 aliphatic heterocycles. The van der Waals surface area contributed by atoms with Gasteiger partial charge >= 0.3 is 5.97 Å². The van der Waals surface area contributed by atoms with Crippen LogP contribution in [0.5, 0.6) is 11.5 Å². The SMILES string of the molecule is CC.CCOC(=O)CCc1nc(-c2cc(OC)c(OCc3ccccc3)cc2C)no1. The zero-order valence-electron chi connectivity index (χ0n) is 18.8. The quantitative estimate of drug-likeness (QED) is 0.437. The number of hydrogen-bond acceptors (Lipinski definition) is 7. The fraction of sp³-hybridized carbons (Fsp3) is 0.375. The second kappa shape index (κ2) is 12.4. The Bertz CT molecular complexity index is 954. The zero-order chi connectivity index (χ0) is 22.6. The van der Waals surface area contributed by atoms with Crippen molar-refractivity contribution in [2.24, 2.45) is 0 Å². The predicted octanol–water partition coefficient (Wildman–Crippen LogP) is 5.15. The van der Waals surface area contributed by atoms with E-state index in [4.69, 9.17) is 18.7 Å². The topological polar surface area (TPSA) is 83.7 Å². The molecule has 0 spiro atoms. The molecule has 2 aromatic carbocycles. The van der Waals surface area contributed by atoms with Gasteiger partial charge in [-0.15, -0.1) is 0 Å². The molecule has 0 aliphatic rings. The first-order valence-corrected chi connectivity index (χ1v) is 10.4. The third-order valence-electron chi connectivity index (χ3n) is 4.31. The molecule has 1 aromatic heterocycles. The minimum absolute atomic E-state index is 0.198. The fourth-order valence-corrected chi connectivity index (χ4v) is 2.82. The lowest BCUT2D eigenvalue weighted by Crippen LogP contribution is -2.05. The molecule has 0 bridgehead atoms. The van der Waals surface area contributed by atoms with Gasteiger partial charge in [0, 0.05) is 12.0 Å². The molecule has 3 rings (SSSR count). The van der Waals surface area contributed by atoms with Crippen molar-refractivity contribution in [3.63, 3.8) is 0 Å². The number of nitrogens with zero attached hydrogens (tertiary/aromatic N) is 2. The molecule has 0 radical (unpaired) electrons. The van der Waals surface area contributed by atoms with Crippen molar-refractivity contribution in [3.05, 3.63) is 59.5 Å². The number of rotatable bonds is 9. The van der Waals surface area contributed by atoms with Crippen LogP contribution in [0, 0.1) is 6.92 Å². The Morgan fingerprint density at radius 2 is 1.84 bits per heavy atom. The molecule has 0 aliphatic carbocycles. The number of ether oxygens (including phenoxy) is 3. The fourth-order valence-electron chi connectivity index (χ4n) is 2.82. The van der Waals surface area contributed by atoms with E-state index < -0.39 is 0 Å². The van der Waals surface area contributed by atoms with Gasteiger partial charge in [-0.2, -0.15) is 4.98 Å². The van der Waals surface area contributed by atoms with E-state index in [2.05, 4.69) is 10.1 Å². The van der Waals surface area contributed by atoms with E-state index >= 15 is 0 Å². The number of aryl methyl sites for hydroxylation is 2. The van der Waals surface area contributed by atoms with Gasteiger partial charge in [-0.05, 0) is 37.1 Å². The summed E-state index contributed by atoms with van der Waals surface area (Å²) in [6.45, 7) is 8.51. The van der Waals surface area contributed by atoms with Crippen LogP contribution in [0.1, 0.15) is 44.2 Å². The zero-order valence-corrected chi connectivity index (χ0v) is 18.8. The van der Waals surface area contributed by atoms with Gasteiger partial charge < -0.3 is 18.7 Å². The van der Waals surface area contributed by atoms with Gasteiger partial charge in [-0.25, -0.2) is 0 Å². The molecule has 0 saturated carbocycles. The molecule has 0 fully saturated rings. The van der Waals surface area contributed by atoms with E-state index in [0.29, 0.717) is 42.8 Å². The highest BCUT2D eigenvalue weighted by atomic mass is 16.5. The van der Waals surface area contributed by atoms with E-state index in [-0.39, 0.29) is 12.4 Å². The van der Waals surface area contributed by atoms with Crippen LogP contribution in [-0.2, 0) is 22.6 Å². The minimum atomic E-state index is -0.287. The smallest absolute Gasteiger partial charge is 0.306 e. The standard InChI is InChI=1S/C22H24N2O5.C2H6/c1-4-27-21(25)11-10-20-23-22(24-29-20)17-13-18(26-3)19(12-15(17)2)28-14-16-8-6-5-7-9-16;1-2/h5-9,12-13H,4,10-11,14H2,1-3H3;1-2H3. The number of hydrogen-bond donors (Lipinski definition) is 0. The van der Waals surface area contributed by atoms with Crippen LogP contribution in [0.3, 0.4) is 0 Å². The van der Waals surface area contributed by atoms with Crippen molar-refractivity contribution in [3.8, 4) is 22.9 Å². The van der Waals surface area contributed by atoms with Crippen molar-refractivity contribution in [1.82, 2.24) is 10.1 Å². The molecule has 0 atom stereocenters. The Hall–Kier alpha value is -3.35. The normalized spacial score (nSPS) is 10.1. The highest BCUT2D eigenvalue weighted by Crippen LogP contribution is 2.35. The van der Waals surface area contributed by atoms with Crippen LogP contribution in [-0.4, -0.2) is 29.8 Å². The number of carbonyl (C=O) groups excluding carboxylic acids is 1. The Labute approximate surface area is 183 Å². The second-order valence-electron chi connectivity index (χ2n) is 6.41. The molecule has 166 valence electrons. The van der Waals surface area contributed by atoms with Gasteiger partial charge in [0.15, 0.2) is 11.5 Å². The maximum absolute atomic E-state index is 11.5. The lowest BCUT2D eigenvalue weighted by molar-refractivity contribution is -0.143. The molecule has 31 heavy (non-hydrogen) atoms. The van der Waals surface area contributed by atoms with Gasteiger partial charge in [0.25, 0.3) is 0 Å². The maximum atomic E-state index is 11.5. The average Bonchev–Trinajstić information content (AvgIpc) is 3.27. The molecule has 7 heteroatoms. The molecule has 1 heterocycles. The Kier molecular flexibility index (Phi) is 9.55. The summed E-state index contributed by atoms with van der Waals surface area (Å²) < 4.78 is 21.6. The lowest BCUT2D eigenvalue weighted by atomic mass is 10.1. The molecule has 7 nitrogen and oxygen atoms in total. The summed E-state index contributed by atoms with van der Waals surface area (Å²) >= 11 is 0. The van der Waals surface area contributed by atoms with Crippen LogP contribution in [0.2, 0.25) is 0 Å². The Balaban J connectivity index is 0.00000166. The highest BCUT2D eigenvalue weighted by molar-refractivity contribution is 5.69. The van der Waals surface area contributed by atoms with E-state index in [1.165, 1.54) is 0 Å². The number of methoxy groups -OCH3 is 1. The number of carbonyl (C=O) groups is 1. The molecule has 0 saturated heterocycles. The first-order valence-electron chi connectivity index (χ1n) is 10.4.